The Balaban J connectivity index is 1.88. The van der Waals surface area contributed by atoms with Gasteiger partial charge in [0.15, 0.2) is 0 Å². The predicted molar refractivity (Wildman–Crippen MR) is 114 cm³/mol. The van der Waals surface area contributed by atoms with Crippen LogP contribution < -0.4 is 0 Å². The number of benzene rings is 2. The smallest absolute Gasteiger partial charge is 0.295 e. The molecule has 5 heteroatoms. The van der Waals surface area contributed by atoms with Crippen LogP contribution in [0.3, 0.4) is 0 Å². The Bertz CT molecular complexity index is 1130. The molecule has 1 saturated heterocycles. The minimum absolute atomic E-state index is 0.118. The molecule has 1 aliphatic heterocycles. The number of aromatic nitrogens is 1. The Morgan fingerprint density at radius 1 is 0.967 bits per heavy atom. The second kappa shape index (κ2) is 7.95. The van der Waals surface area contributed by atoms with Gasteiger partial charge in [-0.2, -0.15) is 0 Å². The van der Waals surface area contributed by atoms with Gasteiger partial charge in [0.25, 0.3) is 11.7 Å². The van der Waals surface area contributed by atoms with E-state index in [4.69, 9.17) is 0 Å². The number of aliphatic hydroxyl groups is 1. The van der Waals surface area contributed by atoms with Crippen LogP contribution in [0, 0.1) is 13.8 Å². The first-order valence-electron chi connectivity index (χ1n) is 9.77. The topological polar surface area (TPSA) is 70.5 Å². The summed E-state index contributed by atoms with van der Waals surface area (Å²) in [6.45, 7) is 4.13. The van der Waals surface area contributed by atoms with E-state index in [1.54, 1.807) is 24.5 Å². The van der Waals surface area contributed by atoms with Crippen molar-refractivity contribution >= 4 is 17.4 Å². The number of aryl methyl sites for hydroxylation is 2. The van der Waals surface area contributed by atoms with Crippen LogP contribution in [0.4, 0.5) is 0 Å². The van der Waals surface area contributed by atoms with E-state index in [0.717, 1.165) is 22.3 Å². The fourth-order valence-electron chi connectivity index (χ4n) is 3.81. The van der Waals surface area contributed by atoms with Gasteiger partial charge in [-0.15, -0.1) is 0 Å². The molecule has 3 aromatic rings. The highest BCUT2D eigenvalue weighted by Crippen LogP contribution is 2.41. The number of aliphatic hydroxyl groups excluding tert-OH is 1. The number of amides is 1. The molecule has 2 heterocycles. The number of likely N-dealkylation sites (tertiary alicyclic amines) is 1. The van der Waals surface area contributed by atoms with E-state index in [9.17, 15) is 14.7 Å². The summed E-state index contributed by atoms with van der Waals surface area (Å²) in [6.07, 6.45) is 3.31. The van der Waals surface area contributed by atoms with Crippen LogP contribution in [0.2, 0.25) is 0 Å². The molecule has 1 atom stereocenters. The number of nitrogens with zero attached hydrogens (tertiary/aromatic N) is 2. The van der Waals surface area contributed by atoms with Crippen LogP contribution >= 0.6 is 0 Å². The van der Waals surface area contributed by atoms with Crippen LogP contribution in [0.25, 0.3) is 5.76 Å². The van der Waals surface area contributed by atoms with Crippen molar-refractivity contribution < 1.29 is 14.7 Å². The fraction of sp³-hybridized carbons (Fsp3) is 0.160. The summed E-state index contributed by atoms with van der Waals surface area (Å²) in [4.78, 5) is 31.6. The lowest BCUT2D eigenvalue weighted by atomic mass is 9.92. The van der Waals surface area contributed by atoms with Crippen molar-refractivity contribution in [1.82, 2.24) is 9.88 Å². The molecule has 1 unspecified atom stereocenters. The molecule has 1 fully saturated rings. The minimum atomic E-state index is -0.671. The zero-order valence-electron chi connectivity index (χ0n) is 16.9. The van der Waals surface area contributed by atoms with E-state index in [1.165, 1.54) is 4.90 Å². The summed E-state index contributed by atoms with van der Waals surface area (Å²) in [5.74, 6) is -1.44. The molecule has 0 aliphatic carbocycles. The number of hydrogen-bond donors (Lipinski definition) is 1. The average Bonchev–Trinajstić information content (AvgIpc) is 3.00. The Morgan fingerprint density at radius 2 is 1.63 bits per heavy atom. The summed E-state index contributed by atoms with van der Waals surface area (Å²) in [5.41, 5.74) is 4.30. The zero-order valence-corrected chi connectivity index (χ0v) is 16.9. The molecule has 0 radical (unpaired) electrons. The van der Waals surface area contributed by atoms with E-state index < -0.39 is 17.7 Å². The highest BCUT2D eigenvalue weighted by molar-refractivity contribution is 6.46. The lowest BCUT2D eigenvalue weighted by Crippen LogP contribution is -2.29. The van der Waals surface area contributed by atoms with E-state index in [1.807, 2.05) is 62.4 Å². The Kier molecular flexibility index (Phi) is 5.19. The van der Waals surface area contributed by atoms with Gasteiger partial charge in [-0.25, -0.2) is 0 Å². The highest BCUT2D eigenvalue weighted by atomic mass is 16.3. The van der Waals surface area contributed by atoms with Crippen molar-refractivity contribution in [2.45, 2.75) is 26.4 Å². The largest absolute Gasteiger partial charge is 0.507 e. The highest BCUT2D eigenvalue weighted by Gasteiger charge is 2.46. The fourth-order valence-corrected chi connectivity index (χ4v) is 3.81. The standard InChI is InChI=1S/C25H22N2O3/c1-16-7-9-19(10-8-16)23(28)21-22(20-6-4-3-5-17(20)2)27(25(30)24(21)29)15-18-11-13-26-14-12-18/h3-14,22,28H,15H2,1-2H3/b23-21-. The lowest BCUT2D eigenvalue weighted by Gasteiger charge is -2.26. The van der Waals surface area contributed by atoms with Gasteiger partial charge in [-0.05, 0) is 42.7 Å². The third-order valence-electron chi connectivity index (χ3n) is 5.45. The monoisotopic (exact) mass is 398 g/mol. The van der Waals surface area contributed by atoms with Gasteiger partial charge in [0.1, 0.15) is 5.76 Å². The second-order valence-corrected chi connectivity index (χ2v) is 7.51. The Morgan fingerprint density at radius 3 is 2.30 bits per heavy atom. The molecule has 1 aliphatic rings. The lowest BCUT2D eigenvalue weighted by molar-refractivity contribution is -0.140. The number of pyridine rings is 1. The van der Waals surface area contributed by atoms with Gasteiger partial charge < -0.3 is 10.0 Å². The maximum atomic E-state index is 13.1. The summed E-state index contributed by atoms with van der Waals surface area (Å²) < 4.78 is 0. The van der Waals surface area contributed by atoms with Crippen molar-refractivity contribution in [3.8, 4) is 0 Å². The minimum Gasteiger partial charge on any atom is -0.507 e. The molecule has 2 aromatic carbocycles. The summed E-state index contributed by atoms with van der Waals surface area (Å²) in [7, 11) is 0. The van der Waals surface area contributed by atoms with Gasteiger partial charge in [-0.3, -0.25) is 14.6 Å². The number of Topliss-reactive ketones (excluding diaryl/α,β-unsaturated/α-hetero) is 1. The van der Waals surface area contributed by atoms with Crippen LogP contribution in [0.1, 0.15) is 33.9 Å². The molecule has 0 saturated carbocycles. The molecule has 4 rings (SSSR count). The molecular formula is C25H22N2O3. The van der Waals surface area contributed by atoms with E-state index in [2.05, 4.69) is 4.98 Å². The van der Waals surface area contributed by atoms with Crippen molar-refractivity contribution in [2.75, 3.05) is 0 Å². The summed E-state index contributed by atoms with van der Waals surface area (Å²) in [6, 6.07) is 17.8. The predicted octanol–water partition coefficient (Wildman–Crippen LogP) is 4.32. The van der Waals surface area contributed by atoms with E-state index in [-0.39, 0.29) is 17.9 Å². The molecule has 1 aromatic heterocycles. The number of carbonyl (C=O) groups excluding carboxylic acids is 2. The third-order valence-corrected chi connectivity index (χ3v) is 5.45. The zero-order chi connectivity index (χ0) is 21.3. The van der Waals surface area contributed by atoms with Crippen molar-refractivity contribution in [3.05, 3.63) is 106 Å². The second-order valence-electron chi connectivity index (χ2n) is 7.51. The SMILES string of the molecule is Cc1ccc(/C(O)=C2/C(=O)C(=O)N(Cc3ccncc3)C2c2ccccc2C)cc1. The Labute approximate surface area is 175 Å². The quantitative estimate of drug-likeness (QED) is 0.404. The first-order chi connectivity index (χ1) is 14.5. The van der Waals surface area contributed by atoms with Gasteiger partial charge >= 0.3 is 0 Å². The molecule has 1 amide bonds. The Hall–Kier alpha value is -3.73. The van der Waals surface area contributed by atoms with Gasteiger partial charge in [0.05, 0.1) is 11.6 Å². The number of carbonyl (C=O) groups is 2. The number of rotatable bonds is 4. The van der Waals surface area contributed by atoms with Crippen LogP contribution in [-0.2, 0) is 16.1 Å². The molecule has 1 N–H and O–H groups in total. The average molecular weight is 398 g/mol. The summed E-state index contributed by atoms with van der Waals surface area (Å²) in [5, 5.41) is 11.1. The van der Waals surface area contributed by atoms with Crippen LogP contribution in [-0.4, -0.2) is 26.7 Å². The van der Waals surface area contributed by atoms with Gasteiger partial charge in [-0.1, -0.05) is 54.1 Å². The molecule has 5 nitrogen and oxygen atoms in total. The first-order valence-corrected chi connectivity index (χ1v) is 9.77. The molecule has 30 heavy (non-hydrogen) atoms. The maximum Gasteiger partial charge on any atom is 0.295 e. The molecule has 0 spiro atoms. The van der Waals surface area contributed by atoms with Crippen molar-refractivity contribution in [1.29, 1.82) is 0 Å². The van der Waals surface area contributed by atoms with Gasteiger partial charge in [0.2, 0.25) is 0 Å². The van der Waals surface area contributed by atoms with Crippen molar-refractivity contribution in [2.24, 2.45) is 0 Å². The van der Waals surface area contributed by atoms with E-state index >= 15 is 0 Å². The van der Waals surface area contributed by atoms with Crippen LogP contribution in [0.5, 0.6) is 0 Å². The molecular weight excluding hydrogens is 376 g/mol. The van der Waals surface area contributed by atoms with Gasteiger partial charge in [0, 0.05) is 24.5 Å². The normalized spacial score (nSPS) is 18.1. The number of ketones is 1. The summed E-state index contributed by atoms with van der Waals surface area (Å²) >= 11 is 0. The molecule has 0 bridgehead atoms. The van der Waals surface area contributed by atoms with Crippen LogP contribution in [0.15, 0.2) is 78.6 Å². The first kappa shape index (κ1) is 19.6. The van der Waals surface area contributed by atoms with E-state index in [0.29, 0.717) is 5.56 Å². The maximum absolute atomic E-state index is 13.1. The number of hydrogen-bond acceptors (Lipinski definition) is 4. The third kappa shape index (κ3) is 3.50. The molecule has 150 valence electrons. The van der Waals surface area contributed by atoms with Crippen molar-refractivity contribution in [3.63, 3.8) is 0 Å².